The van der Waals surface area contributed by atoms with Crippen molar-refractivity contribution in [1.29, 1.82) is 0 Å². The van der Waals surface area contributed by atoms with Crippen LogP contribution in [-0.4, -0.2) is 25.0 Å². The molecule has 1 aliphatic rings. The second-order valence-electron chi connectivity index (χ2n) is 5.81. The van der Waals surface area contributed by atoms with Gasteiger partial charge in [-0.1, -0.05) is 27.7 Å². The van der Waals surface area contributed by atoms with E-state index in [1.807, 2.05) is 20.8 Å². The molecule has 0 aromatic rings. The lowest BCUT2D eigenvalue weighted by Crippen LogP contribution is -2.41. The third-order valence-corrected chi connectivity index (χ3v) is 3.13. The fourth-order valence-corrected chi connectivity index (χ4v) is 1.84. The smallest absolute Gasteiger partial charge is 0.225 e. The highest BCUT2D eigenvalue weighted by molar-refractivity contribution is 5.81. The lowest BCUT2D eigenvalue weighted by atomic mass is 9.96. The molecule has 2 N–H and O–H groups in total. The van der Waals surface area contributed by atoms with E-state index in [1.165, 1.54) is 19.3 Å². The van der Waals surface area contributed by atoms with Crippen LogP contribution in [0.3, 0.4) is 0 Å². The van der Waals surface area contributed by atoms with Crippen LogP contribution in [0.25, 0.3) is 0 Å². The van der Waals surface area contributed by atoms with Gasteiger partial charge in [0.25, 0.3) is 0 Å². The summed E-state index contributed by atoms with van der Waals surface area (Å²) in [4.78, 5) is 11.6. The molecule has 1 fully saturated rings. The van der Waals surface area contributed by atoms with Gasteiger partial charge in [-0.2, -0.15) is 0 Å². The lowest BCUT2D eigenvalue weighted by molar-refractivity contribution is -0.128. The number of carbonyl (C=O) groups is 1. The largest absolute Gasteiger partial charge is 0.354 e. The lowest BCUT2D eigenvalue weighted by Gasteiger charge is -2.19. The Morgan fingerprint density at radius 2 is 1.94 bits per heavy atom. The van der Waals surface area contributed by atoms with Crippen LogP contribution in [0.1, 0.15) is 47.0 Å². The summed E-state index contributed by atoms with van der Waals surface area (Å²) in [5, 5.41) is 6.48. The molecule has 0 radical (unpaired) electrons. The van der Waals surface area contributed by atoms with Crippen molar-refractivity contribution in [2.24, 2.45) is 11.3 Å². The topological polar surface area (TPSA) is 41.1 Å². The van der Waals surface area contributed by atoms with Gasteiger partial charge in [0.05, 0.1) is 0 Å². The number of carbonyl (C=O) groups excluding carboxylic acids is 1. The highest BCUT2D eigenvalue weighted by atomic mass is 16.2. The van der Waals surface area contributed by atoms with Crippen molar-refractivity contribution in [2.45, 2.75) is 53.0 Å². The molecule has 0 heterocycles. The third kappa shape index (κ3) is 4.52. The standard InChI is InChI=1S/C13H26N2O/c1-5-11(10-6-7-10)14-8-9-15-12(16)13(2,3)4/h10-11,14H,5-9H2,1-4H3,(H,15,16). The van der Waals surface area contributed by atoms with Gasteiger partial charge in [0.1, 0.15) is 0 Å². The maximum atomic E-state index is 11.6. The molecule has 1 saturated carbocycles. The molecule has 0 saturated heterocycles. The van der Waals surface area contributed by atoms with Crippen molar-refractivity contribution >= 4 is 5.91 Å². The molecule has 0 bridgehead atoms. The van der Waals surface area contributed by atoms with E-state index in [-0.39, 0.29) is 11.3 Å². The first-order valence-electron chi connectivity index (χ1n) is 6.47. The van der Waals surface area contributed by atoms with Crippen molar-refractivity contribution in [3.8, 4) is 0 Å². The van der Waals surface area contributed by atoms with Crippen molar-refractivity contribution in [3.63, 3.8) is 0 Å². The minimum absolute atomic E-state index is 0.133. The molecule has 16 heavy (non-hydrogen) atoms. The second-order valence-corrected chi connectivity index (χ2v) is 5.81. The van der Waals surface area contributed by atoms with Crippen LogP contribution in [0.2, 0.25) is 0 Å². The quantitative estimate of drug-likeness (QED) is 0.679. The molecule has 0 aromatic heterocycles. The highest BCUT2D eigenvalue weighted by Gasteiger charge is 2.29. The molecule has 0 spiro atoms. The number of rotatable bonds is 6. The molecule has 1 aliphatic carbocycles. The number of hydrogen-bond donors (Lipinski definition) is 2. The molecule has 1 atom stereocenters. The Kier molecular flexibility index (Phi) is 4.78. The Labute approximate surface area is 99.4 Å². The summed E-state index contributed by atoms with van der Waals surface area (Å²) in [6.45, 7) is 9.66. The average Bonchev–Trinajstić information content (AvgIpc) is 3.00. The van der Waals surface area contributed by atoms with E-state index < -0.39 is 0 Å². The second kappa shape index (κ2) is 5.67. The Morgan fingerprint density at radius 1 is 1.31 bits per heavy atom. The molecule has 94 valence electrons. The average molecular weight is 226 g/mol. The van der Waals surface area contributed by atoms with Crippen molar-refractivity contribution in [2.75, 3.05) is 13.1 Å². The molecule has 0 aliphatic heterocycles. The number of hydrogen-bond acceptors (Lipinski definition) is 2. The van der Waals surface area contributed by atoms with E-state index in [1.54, 1.807) is 0 Å². The minimum atomic E-state index is -0.277. The van der Waals surface area contributed by atoms with Gasteiger partial charge in [-0.3, -0.25) is 4.79 Å². The number of amides is 1. The first-order valence-corrected chi connectivity index (χ1v) is 6.47. The maximum Gasteiger partial charge on any atom is 0.225 e. The van der Waals surface area contributed by atoms with Crippen LogP contribution in [0, 0.1) is 11.3 Å². The molecule has 1 rings (SSSR count). The monoisotopic (exact) mass is 226 g/mol. The van der Waals surface area contributed by atoms with E-state index in [2.05, 4.69) is 17.6 Å². The zero-order chi connectivity index (χ0) is 12.2. The Hall–Kier alpha value is -0.570. The van der Waals surface area contributed by atoms with Gasteiger partial charge >= 0.3 is 0 Å². The predicted molar refractivity (Wildman–Crippen MR) is 67.3 cm³/mol. The molecule has 0 aromatic carbocycles. The summed E-state index contributed by atoms with van der Waals surface area (Å²) in [7, 11) is 0. The van der Waals surface area contributed by atoms with Gasteiger partial charge < -0.3 is 10.6 Å². The molecular weight excluding hydrogens is 200 g/mol. The van der Waals surface area contributed by atoms with Crippen LogP contribution in [0.15, 0.2) is 0 Å². The third-order valence-electron chi connectivity index (χ3n) is 3.13. The molecular formula is C13H26N2O. The summed E-state index contributed by atoms with van der Waals surface area (Å²) >= 11 is 0. The SMILES string of the molecule is CCC(NCCNC(=O)C(C)(C)C)C1CC1. The maximum absolute atomic E-state index is 11.6. The van der Waals surface area contributed by atoms with Crippen LogP contribution in [0.4, 0.5) is 0 Å². The van der Waals surface area contributed by atoms with Gasteiger partial charge in [0, 0.05) is 24.5 Å². The normalized spacial score (nSPS) is 18.2. The zero-order valence-electron chi connectivity index (χ0n) is 11.1. The zero-order valence-corrected chi connectivity index (χ0v) is 11.1. The van der Waals surface area contributed by atoms with E-state index in [9.17, 15) is 4.79 Å². The first kappa shape index (κ1) is 13.5. The van der Waals surface area contributed by atoms with Gasteiger partial charge in [0.2, 0.25) is 5.91 Å². The van der Waals surface area contributed by atoms with Crippen LogP contribution < -0.4 is 10.6 Å². The minimum Gasteiger partial charge on any atom is -0.354 e. The summed E-state index contributed by atoms with van der Waals surface area (Å²) in [5.74, 6) is 1.03. The van der Waals surface area contributed by atoms with Gasteiger partial charge in [0.15, 0.2) is 0 Å². The van der Waals surface area contributed by atoms with E-state index in [0.717, 1.165) is 19.0 Å². The van der Waals surface area contributed by atoms with E-state index in [0.29, 0.717) is 6.04 Å². The van der Waals surface area contributed by atoms with E-state index in [4.69, 9.17) is 0 Å². The van der Waals surface area contributed by atoms with Crippen molar-refractivity contribution in [3.05, 3.63) is 0 Å². The Balaban J connectivity index is 2.09. The fraction of sp³-hybridized carbons (Fsp3) is 0.923. The van der Waals surface area contributed by atoms with Crippen molar-refractivity contribution < 1.29 is 4.79 Å². The number of nitrogens with one attached hydrogen (secondary N) is 2. The molecule has 1 amide bonds. The van der Waals surface area contributed by atoms with Gasteiger partial charge in [-0.25, -0.2) is 0 Å². The fourth-order valence-electron chi connectivity index (χ4n) is 1.84. The molecule has 3 nitrogen and oxygen atoms in total. The van der Waals surface area contributed by atoms with E-state index >= 15 is 0 Å². The summed E-state index contributed by atoms with van der Waals surface area (Å²) in [5.41, 5.74) is -0.277. The summed E-state index contributed by atoms with van der Waals surface area (Å²) in [6.07, 6.45) is 3.94. The predicted octanol–water partition coefficient (Wildman–Crippen LogP) is 1.93. The Bertz CT molecular complexity index is 229. The van der Waals surface area contributed by atoms with Crippen molar-refractivity contribution in [1.82, 2.24) is 10.6 Å². The Morgan fingerprint density at radius 3 is 2.38 bits per heavy atom. The molecule has 3 heteroatoms. The van der Waals surface area contributed by atoms with Crippen LogP contribution in [0.5, 0.6) is 0 Å². The van der Waals surface area contributed by atoms with Crippen LogP contribution >= 0.6 is 0 Å². The van der Waals surface area contributed by atoms with Gasteiger partial charge in [-0.15, -0.1) is 0 Å². The first-order chi connectivity index (χ1) is 7.45. The summed E-state index contributed by atoms with van der Waals surface area (Å²) in [6, 6.07) is 0.659. The van der Waals surface area contributed by atoms with Gasteiger partial charge in [-0.05, 0) is 25.2 Å². The summed E-state index contributed by atoms with van der Waals surface area (Å²) < 4.78 is 0. The highest BCUT2D eigenvalue weighted by Crippen LogP contribution is 2.33. The molecule has 1 unspecified atom stereocenters. The van der Waals surface area contributed by atoms with Crippen LogP contribution in [-0.2, 0) is 4.79 Å².